The summed E-state index contributed by atoms with van der Waals surface area (Å²) in [5.74, 6) is -0.0349. The molecule has 0 fully saturated rings. The summed E-state index contributed by atoms with van der Waals surface area (Å²) >= 11 is 0. The maximum Gasteiger partial charge on any atom is 0.356 e. The van der Waals surface area contributed by atoms with E-state index < -0.39 is 5.97 Å². The highest BCUT2D eigenvalue weighted by Crippen LogP contribution is 2.03. The summed E-state index contributed by atoms with van der Waals surface area (Å²) in [6.45, 7) is 0.703. The average Bonchev–Trinajstić information content (AvgIpc) is 2.48. The fourth-order valence-electron chi connectivity index (χ4n) is 1.63. The van der Waals surface area contributed by atoms with Crippen molar-refractivity contribution in [1.82, 2.24) is 9.97 Å². The van der Waals surface area contributed by atoms with Crippen LogP contribution in [0.1, 0.15) is 16.1 Å². The second-order valence-corrected chi connectivity index (χ2v) is 3.92. The molecule has 0 amide bonds. The Morgan fingerprint density at radius 2 is 2.05 bits per heavy atom. The fraction of sp³-hybridized carbons (Fsp3) is 0.214. The van der Waals surface area contributed by atoms with E-state index in [9.17, 15) is 4.79 Å². The molecule has 0 radical (unpaired) electrons. The zero-order valence-corrected chi connectivity index (χ0v) is 10.7. The van der Waals surface area contributed by atoms with Gasteiger partial charge in [0.1, 0.15) is 0 Å². The molecule has 0 bridgehead atoms. The molecule has 1 heterocycles. The Morgan fingerprint density at radius 3 is 2.79 bits per heavy atom. The van der Waals surface area contributed by atoms with Crippen LogP contribution in [0.3, 0.4) is 0 Å². The van der Waals surface area contributed by atoms with Gasteiger partial charge in [0.2, 0.25) is 5.95 Å². The van der Waals surface area contributed by atoms with Crippen LogP contribution in [0.25, 0.3) is 0 Å². The number of anilines is 1. The number of carbonyl (C=O) groups excluding carboxylic acids is 1. The highest BCUT2D eigenvalue weighted by Gasteiger charge is 2.07. The number of hydrogen-bond acceptors (Lipinski definition) is 5. The molecule has 98 valence electrons. The summed E-state index contributed by atoms with van der Waals surface area (Å²) in [5.41, 5.74) is 1.49. The summed E-state index contributed by atoms with van der Waals surface area (Å²) < 4.78 is 4.61. The number of nitrogens with one attached hydrogen (secondary N) is 1. The topological polar surface area (TPSA) is 64.1 Å². The SMILES string of the molecule is COC(=O)c1ccnc(NCCc2ccccc2)n1. The van der Waals surface area contributed by atoms with Crippen LogP contribution in [0.4, 0.5) is 5.95 Å². The molecule has 0 saturated heterocycles. The van der Waals surface area contributed by atoms with Gasteiger partial charge in [-0.3, -0.25) is 0 Å². The van der Waals surface area contributed by atoms with E-state index in [2.05, 4.69) is 32.2 Å². The lowest BCUT2D eigenvalue weighted by Crippen LogP contribution is -2.11. The molecule has 0 spiro atoms. The van der Waals surface area contributed by atoms with E-state index in [1.165, 1.54) is 24.9 Å². The summed E-state index contributed by atoms with van der Waals surface area (Å²) in [7, 11) is 1.33. The van der Waals surface area contributed by atoms with E-state index in [1.54, 1.807) is 0 Å². The van der Waals surface area contributed by atoms with Crippen LogP contribution in [0.2, 0.25) is 0 Å². The van der Waals surface area contributed by atoms with E-state index >= 15 is 0 Å². The smallest absolute Gasteiger partial charge is 0.356 e. The first-order valence-electron chi connectivity index (χ1n) is 5.99. The molecular formula is C14H15N3O2. The van der Waals surface area contributed by atoms with E-state index in [4.69, 9.17) is 0 Å². The van der Waals surface area contributed by atoms with Crippen molar-refractivity contribution >= 4 is 11.9 Å². The van der Waals surface area contributed by atoms with Gasteiger partial charge in [-0.05, 0) is 18.1 Å². The van der Waals surface area contributed by atoms with Crippen molar-refractivity contribution in [2.75, 3.05) is 19.0 Å². The van der Waals surface area contributed by atoms with E-state index in [0.717, 1.165) is 6.42 Å². The van der Waals surface area contributed by atoms with Gasteiger partial charge in [0, 0.05) is 12.7 Å². The van der Waals surface area contributed by atoms with Crippen molar-refractivity contribution in [2.45, 2.75) is 6.42 Å². The number of ether oxygens (including phenoxy) is 1. The molecule has 0 aliphatic carbocycles. The van der Waals surface area contributed by atoms with Crippen molar-refractivity contribution in [1.29, 1.82) is 0 Å². The molecule has 5 nitrogen and oxygen atoms in total. The van der Waals surface area contributed by atoms with Crippen LogP contribution in [-0.2, 0) is 11.2 Å². The minimum Gasteiger partial charge on any atom is -0.464 e. The second kappa shape index (κ2) is 6.49. The van der Waals surface area contributed by atoms with Gasteiger partial charge in [-0.15, -0.1) is 0 Å². The number of methoxy groups -OCH3 is 1. The maximum absolute atomic E-state index is 11.3. The van der Waals surface area contributed by atoms with Crippen molar-refractivity contribution in [3.8, 4) is 0 Å². The first-order chi connectivity index (χ1) is 9.29. The van der Waals surface area contributed by atoms with Crippen molar-refractivity contribution in [2.24, 2.45) is 0 Å². The third-order valence-corrected chi connectivity index (χ3v) is 2.59. The summed E-state index contributed by atoms with van der Waals surface area (Å²) in [4.78, 5) is 19.5. The quantitative estimate of drug-likeness (QED) is 0.829. The van der Waals surface area contributed by atoms with Gasteiger partial charge in [0.05, 0.1) is 7.11 Å². The lowest BCUT2D eigenvalue weighted by Gasteiger charge is -2.05. The number of hydrogen-bond donors (Lipinski definition) is 1. The molecule has 0 saturated carbocycles. The largest absolute Gasteiger partial charge is 0.464 e. The van der Waals surface area contributed by atoms with Crippen LogP contribution in [-0.4, -0.2) is 29.6 Å². The monoisotopic (exact) mass is 257 g/mol. The van der Waals surface area contributed by atoms with Crippen molar-refractivity contribution in [3.63, 3.8) is 0 Å². The van der Waals surface area contributed by atoms with Crippen molar-refractivity contribution < 1.29 is 9.53 Å². The van der Waals surface area contributed by atoms with E-state index in [0.29, 0.717) is 12.5 Å². The highest BCUT2D eigenvalue weighted by atomic mass is 16.5. The molecule has 0 atom stereocenters. The van der Waals surface area contributed by atoms with Crippen LogP contribution < -0.4 is 5.32 Å². The van der Waals surface area contributed by atoms with Gasteiger partial charge in [-0.1, -0.05) is 30.3 Å². The molecule has 2 aromatic rings. The Labute approximate surface area is 111 Å². The summed E-state index contributed by atoms with van der Waals surface area (Å²) in [5, 5.41) is 3.08. The van der Waals surface area contributed by atoms with Crippen LogP contribution in [0.5, 0.6) is 0 Å². The predicted octanol–water partition coefficient (Wildman–Crippen LogP) is 1.92. The molecule has 0 aliphatic heterocycles. The second-order valence-electron chi connectivity index (χ2n) is 3.92. The highest BCUT2D eigenvalue weighted by molar-refractivity contribution is 5.87. The molecule has 1 aromatic heterocycles. The molecule has 0 aliphatic rings. The Hall–Kier alpha value is -2.43. The Bertz CT molecular complexity index is 543. The maximum atomic E-state index is 11.3. The van der Waals surface area contributed by atoms with Gasteiger partial charge in [0.15, 0.2) is 5.69 Å². The number of esters is 1. The molecule has 2 rings (SSSR count). The molecular weight excluding hydrogens is 242 g/mol. The molecule has 5 heteroatoms. The average molecular weight is 257 g/mol. The molecule has 1 N–H and O–H groups in total. The number of carbonyl (C=O) groups is 1. The number of benzene rings is 1. The van der Waals surface area contributed by atoms with E-state index in [-0.39, 0.29) is 5.69 Å². The lowest BCUT2D eigenvalue weighted by molar-refractivity contribution is 0.0594. The zero-order chi connectivity index (χ0) is 13.5. The first-order valence-corrected chi connectivity index (χ1v) is 5.99. The van der Waals surface area contributed by atoms with Gasteiger partial charge in [-0.25, -0.2) is 14.8 Å². The Kier molecular flexibility index (Phi) is 4.44. The van der Waals surface area contributed by atoms with E-state index in [1.807, 2.05) is 18.2 Å². The van der Waals surface area contributed by atoms with Gasteiger partial charge in [-0.2, -0.15) is 0 Å². The standard InChI is InChI=1S/C14H15N3O2/c1-19-13(18)12-8-10-16-14(17-12)15-9-7-11-5-3-2-4-6-11/h2-6,8,10H,7,9H2,1H3,(H,15,16,17). The number of nitrogens with zero attached hydrogens (tertiary/aromatic N) is 2. The van der Waals surface area contributed by atoms with Crippen LogP contribution in [0, 0.1) is 0 Å². The van der Waals surface area contributed by atoms with Crippen molar-refractivity contribution in [3.05, 3.63) is 53.9 Å². The van der Waals surface area contributed by atoms with Crippen LogP contribution >= 0.6 is 0 Å². The van der Waals surface area contributed by atoms with Gasteiger partial charge >= 0.3 is 5.97 Å². The third-order valence-electron chi connectivity index (χ3n) is 2.59. The zero-order valence-electron chi connectivity index (χ0n) is 10.7. The number of aromatic nitrogens is 2. The normalized spacial score (nSPS) is 9.95. The Balaban J connectivity index is 1.91. The summed E-state index contributed by atoms with van der Waals surface area (Å²) in [6.07, 6.45) is 2.40. The minimum atomic E-state index is -0.464. The first kappa shape index (κ1) is 13.0. The fourth-order valence-corrected chi connectivity index (χ4v) is 1.63. The third kappa shape index (κ3) is 3.77. The molecule has 0 unspecified atom stereocenters. The summed E-state index contributed by atoms with van der Waals surface area (Å²) in [6, 6.07) is 11.6. The Morgan fingerprint density at radius 1 is 1.26 bits per heavy atom. The van der Waals surface area contributed by atoms with Crippen LogP contribution in [0.15, 0.2) is 42.6 Å². The predicted molar refractivity (Wildman–Crippen MR) is 72.0 cm³/mol. The van der Waals surface area contributed by atoms with Gasteiger partial charge in [0.25, 0.3) is 0 Å². The number of rotatable bonds is 5. The lowest BCUT2D eigenvalue weighted by atomic mass is 10.1. The molecule has 19 heavy (non-hydrogen) atoms. The minimum absolute atomic E-state index is 0.250. The molecule has 1 aromatic carbocycles. The van der Waals surface area contributed by atoms with Gasteiger partial charge < -0.3 is 10.1 Å².